The number of hydrogen-bond donors (Lipinski definition) is 5. The molecule has 2 aliphatic heterocycles. The first kappa shape index (κ1) is 29.3. The molecular weight excluding hydrogens is 467 g/mol. The first-order valence-corrected chi connectivity index (χ1v) is 13.5. The highest BCUT2D eigenvalue weighted by molar-refractivity contribution is 6.43. The van der Waals surface area contributed by atoms with Gasteiger partial charge in [0.1, 0.15) is 0 Å². The lowest BCUT2D eigenvalue weighted by Gasteiger charge is -2.52. The summed E-state index contributed by atoms with van der Waals surface area (Å²) in [6.07, 6.45) is 3.37. The van der Waals surface area contributed by atoms with Crippen molar-refractivity contribution in [1.29, 1.82) is 0 Å². The highest BCUT2D eigenvalue weighted by Crippen LogP contribution is 2.53. The summed E-state index contributed by atoms with van der Waals surface area (Å²) < 4.78 is 12.5. The van der Waals surface area contributed by atoms with E-state index in [4.69, 9.17) is 14.4 Å². The van der Waals surface area contributed by atoms with Crippen LogP contribution in [0, 0.1) is 35.5 Å². The Morgan fingerprint density at radius 1 is 1.14 bits per heavy atom. The normalized spacial score (nSPS) is 37.0. The zero-order valence-corrected chi connectivity index (χ0v) is 22.3. The number of nitrogens with one attached hydrogen (secondary N) is 2. The monoisotopic (exact) mass is 512 g/mol. The van der Waals surface area contributed by atoms with Gasteiger partial charge in [-0.25, -0.2) is 10.1 Å². The number of amides is 2. The zero-order chi connectivity index (χ0) is 26.6. The molecule has 2 amide bonds. The van der Waals surface area contributed by atoms with Gasteiger partial charge >= 0.3 is 7.12 Å². The molecular formula is C25H45BN2O8. The molecule has 0 bridgehead atoms. The topological polar surface area (TPSA) is 147 Å². The van der Waals surface area contributed by atoms with Crippen LogP contribution in [-0.4, -0.2) is 64.9 Å². The lowest BCUT2D eigenvalue weighted by molar-refractivity contribution is -0.435. The van der Waals surface area contributed by atoms with Gasteiger partial charge in [0.25, 0.3) is 0 Å². The quantitative estimate of drug-likeness (QED) is 0.170. The Morgan fingerprint density at radius 3 is 2.50 bits per heavy atom. The van der Waals surface area contributed by atoms with E-state index < -0.39 is 25.1 Å². The van der Waals surface area contributed by atoms with Crippen molar-refractivity contribution in [1.82, 2.24) is 10.6 Å². The highest BCUT2D eigenvalue weighted by Gasteiger charge is 2.54. The minimum atomic E-state index is -1.63. The Kier molecular flexibility index (Phi) is 10.2. The minimum absolute atomic E-state index is 0.0380. The number of hydrogen-bond acceptors (Lipinski definition) is 8. The Morgan fingerprint density at radius 2 is 1.86 bits per heavy atom. The predicted octanol–water partition coefficient (Wildman–Crippen LogP) is 2.08. The van der Waals surface area contributed by atoms with Crippen molar-refractivity contribution < 1.29 is 39.3 Å². The molecule has 9 atom stereocenters. The van der Waals surface area contributed by atoms with E-state index in [0.717, 1.165) is 19.3 Å². The molecule has 206 valence electrons. The van der Waals surface area contributed by atoms with E-state index in [2.05, 4.69) is 24.5 Å². The second-order valence-corrected chi connectivity index (χ2v) is 11.8. The maximum atomic E-state index is 12.7. The summed E-state index contributed by atoms with van der Waals surface area (Å²) in [6.45, 7) is 10.1. The van der Waals surface area contributed by atoms with Crippen molar-refractivity contribution in [2.45, 2.75) is 104 Å². The van der Waals surface area contributed by atoms with E-state index in [9.17, 15) is 24.9 Å². The van der Waals surface area contributed by atoms with Crippen molar-refractivity contribution in [3.8, 4) is 0 Å². The van der Waals surface area contributed by atoms with Crippen molar-refractivity contribution in [3.63, 3.8) is 0 Å². The van der Waals surface area contributed by atoms with Gasteiger partial charge in [-0.15, -0.1) is 0 Å². The molecule has 10 nitrogen and oxygen atoms in total. The highest BCUT2D eigenvalue weighted by atomic mass is 17.1. The second kappa shape index (κ2) is 12.5. The molecule has 2 heterocycles. The molecule has 0 aromatic rings. The van der Waals surface area contributed by atoms with Gasteiger partial charge in [0.15, 0.2) is 6.29 Å². The average molecular weight is 512 g/mol. The molecule has 1 saturated carbocycles. The van der Waals surface area contributed by atoms with Crippen LogP contribution >= 0.6 is 0 Å². The van der Waals surface area contributed by atoms with Gasteiger partial charge in [0.05, 0.1) is 18.5 Å². The molecule has 3 fully saturated rings. The van der Waals surface area contributed by atoms with Gasteiger partial charge in [0.2, 0.25) is 17.6 Å². The van der Waals surface area contributed by atoms with Crippen LogP contribution in [-0.2, 0) is 24.0 Å². The van der Waals surface area contributed by atoms with Gasteiger partial charge in [-0.1, -0.05) is 34.1 Å². The van der Waals surface area contributed by atoms with Gasteiger partial charge in [-0.05, 0) is 55.8 Å². The first-order valence-electron chi connectivity index (χ1n) is 13.5. The van der Waals surface area contributed by atoms with Gasteiger partial charge in [-0.3, -0.25) is 9.59 Å². The van der Waals surface area contributed by atoms with Crippen molar-refractivity contribution in [2.75, 3.05) is 6.54 Å². The summed E-state index contributed by atoms with van der Waals surface area (Å²) in [5, 5.41) is 33.9. The van der Waals surface area contributed by atoms with Crippen LogP contribution in [0.2, 0.25) is 0 Å². The van der Waals surface area contributed by atoms with Crippen molar-refractivity contribution in [2.24, 2.45) is 35.5 Å². The fourth-order valence-electron chi connectivity index (χ4n) is 6.47. The average Bonchev–Trinajstić information content (AvgIpc) is 2.95. The van der Waals surface area contributed by atoms with Crippen molar-refractivity contribution in [3.05, 3.63) is 0 Å². The fraction of sp³-hybridized carbons (Fsp3) is 0.920. The van der Waals surface area contributed by atoms with E-state index in [1.807, 2.05) is 13.8 Å². The number of ether oxygens (including phenoxy) is 2. The van der Waals surface area contributed by atoms with Crippen LogP contribution < -0.4 is 10.6 Å². The van der Waals surface area contributed by atoms with Gasteiger partial charge in [0, 0.05) is 25.3 Å². The van der Waals surface area contributed by atoms with Crippen LogP contribution in [0.5, 0.6) is 0 Å². The number of carbonyl (C=O) groups excluding carboxylic acids is 2. The molecule has 0 radical (unpaired) electrons. The Balaban J connectivity index is 1.55. The van der Waals surface area contributed by atoms with Crippen molar-refractivity contribution >= 4 is 18.9 Å². The molecule has 3 rings (SSSR count). The fourth-order valence-corrected chi connectivity index (χ4v) is 6.47. The third kappa shape index (κ3) is 7.20. The second-order valence-electron chi connectivity index (χ2n) is 11.8. The molecule has 0 aromatic heterocycles. The van der Waals surface area contributed by atoms with E-state index in [-0.39, 0.29) is 55.1 Å². The lowest BCUT2D eigenvalue weighted by atomic mass is 9.60. The Labute approximate surface area is 214 Å². The zero-order valence-electron chi connectivity index (χ0n) is 22.3. The smallest absolute Gasteiger partial charge is 0.426 e. The molecule has 11 heteroatoms. The summed E-state index contributed by atoms with van der Waals surface area (Å²) in [7, 11) is -1.63. The van der Waals surface area contributed by atoms with Crippen LogP contribution in [0.15, 0.2) is 0 Å². The third-order valence-corrected chi connectivity index (χ3v) is 8.54. The molecule has 36 heavy (non-hydrogen) atoms. The summed E-state index contributed by atoms with van der Waals surface area (Å²) in [4.78, 5) is 29.7. The maximum absolute atomic E-state index is 12.7. The maximum Gasteiger partial charge on any atom is 0.475 e. The molecule has 0 spiro atoms. The van der Waals surface area contributed by atoms with E-state index in [0.29, 0.717) is 30.6 Å². The van der Waals surface area contributed by atoms with Gasteiger partial charge < -0.3 is 30.2 Å². The van der Waals surface area contributed by atoms with E-state index in [1.54, 1.807) is 6.92 Å². The SMILES string of the molecule is CC(C)C[C@H](NC(=O)CCNC(=O)C[C@H]1O[C@H]2O[C@@](C)(OO)CC[C@@H]3C2[C@@H](CC[C@H]3C)[C@H]1C)B(O)O. The Hall–Kier alpha value is -1.24. The third-order valence-electron chi connectivity index (χ3n) is 8.54. The molecule has 5 N–H and O–H groups in total. The summed E-state index contributed by atoms with van der Waals surface area (Å²) in [6, 6.07) is 0. The number of carbonyl (C=O) groups is 2. The molecule has 1 aliphatic carbocycles. The lowest BCUT2D eigenvalue weighted by Crippen LogP contribution is -2.54. The van der Waals surface area contributed by atoms with E-state index >= 15 is 0 Å². The van der Waals surface area contributed by atoms with Crippen LogP contribution in [0.1, 0.15) is 79.6 Å². The Bertz CT molecular complexity index is 756. The summed E-state index contributed by atoms with van der Waals surface area (Å²) in [5.41, 5.74) is 0. The molecule has 3 aliphatic rings. The minimum Gasteiger partial charge on any atom is -0.426 e. The van der Waals surface area contributed by atoms with Crippen LogP contribution in [0.25, 0.3) is 0 Å². The molecule has 0 aromatic carbocycles. The molecule has 2 saturated heterocycles. The first-order chi connectivity index (χ1) is 16.9. The number of rotatable bonds is 10. The largest absolute Gasteiger partial charge is 0.475 e. The summed E-state index contributed by atoms with van der Waals surface area (Å²) >= 11 is 0. The van der Waals surface area contributed by atoms with Crippen LogP contribution in [0.4, 0.5) is 0 Å². The standard InChI is InChI=1S/C25H45BN2O8/c1-14(2)12-20(26(31)32)28-21(29)9-11-27-22(30)13-19-16(4)18-7-6-15(3)17-8-10-25(5,36-33)35-24(34-19)23(17)18/h14-20,23-24,31-33H,6-13H2,1-5H3,(H,27,30)(H,28,29)/t15-,16-,17+,18+,19-,20+,23?,24+,25+/m1/s1. The van der Waals surface area contributed by atoms with Gasteiger partial charge in [-0.2, -0.15) is 0 Å². The van der Waals surface area contributed by atoms with Crippen LogP contribution in [0.3, 0.4) is 0 Å². The predicted molar refractivity (Wildman–Crippen MR) is 133 cm³/mol. The molecule has 1 unspecified atom stereocenters. The summed E-state index contributed by atoms with van der Waals surface area (Å²) in [5.74, 6) is -0.578. The van der Waals surface area contributed by atoms with E-state index in [1.165, 1.54) is 0 Å².